The molecule has 3 aromatic heterocycles. The molecule has 9 nitrogen and oxygen atoms in total. The summed E-state index contributed by atoms with van der Waals surface area (Å²) in [6, 6.07) is 0. The van der Waals surface area contributed by atoms with E-state index in [9.17, 15) is 14.4 Å². The topological polar surface area (TPSA) is 116 Å². The van der Waals surface area contributed by atoms with Gasteiger partial charge in [0.25, 0.3) is 5.56 Å². The Morgan fingerprint density at radius 2 is 1.97 bits per heavy atom. The van der Waals surface area contributed by atoms with Gasteiger partial charge in [-0.05, 0) is 45.1 Å². The lowest BCUT2D eigenvalue weighted by Crippen LogP contribution is -2.28. The first-order valence-corrected chi connectivity index (χ1v) is 11.3. The standard InChI is InChI=1S/C19H21N5O4S2/c1-10-14-16(30-15(10)18(27)28-12-6-4-3-5-7-12)20-9-24(17(14)26)8-13(25)21-19-23-22-11(2)29-19/h9,12H,3-8H2,1-2H3,(H,21,23,25). The van der Waals surface area contributed by atoms with Crippen LogP contribution in [-0.4, -0.2) is 37.7 Å². The van der Waals surface area contributed by atoms with E-state index in [0.29, 0.717) is 25.8 Å². The monoisotopic (exact) mass is 447 g/mol. The number of rotatable bonds is 5. The highest BCUT2D eigenvalue weighted by atomic mass is 32.1. The van der Waals surface area contributed by atoms with Crippen molar-refractivity contribution in [3.63, 3.8) is 0 Å². The highest BCUT2D eigenvalue weighted by Gasteiger charge is 2.24. The molecule has 1 saturated carbocycles. The number of ether oxygens (including phenoxy) is 1. The lowest BCUT2D eigenvalue weighted by molar-refractivity contribution is -0.116. The molecule has 0 aliphatic heterocycles. The van der Waals surface area contributed by atoms with E-state index >= 15 is 0 Å². The lowest BCUT2D eigenvalue weighted by atomic mass is 9.98. The summed E-state index contributed by atoms with van der Waals surface area (Å²) in [6.45, 7) is 3.29. The normalized spacial score (nSPS) is 14.7. The molecular weight excluding hydrogens is 426 g/mol. The van der Waals surface area contributed by atoms with Crippen LogP contribution in [0.4, 0.5) is 5.13 Å². The zero-order valence-electron chi connectivity index (χ0n) is 16.6. The predicted octanol–water partition coefficient (Wildman–Crippen LogP) is 3.05. The summed E-state index contributed by atoms with van der Waals surface area (Å²) in [5, 5.41) is 11.7. The molecular formula is C19H21N5O4S2. The number of hydrogen-bond acceptors (Lipinski definition) is 9. The van der Waals surface area contributed by atoms with E-state index in [1.54, 1.807) is 13.8 Å². The molecule has 1 N–H and O–H groups in total. The molecule has 0 saturated heterocycles. The van der Waals surface area contributed by atoms with Crippen molar-refractivity contribution in [2.24, 2.45) is 0 Å². The summed E-state index contributed by atoms with van der Waals surface area (Å²) in [5.41, 5.74) is 0.178. The molecule has 1 aliphatic rings. The van der Waals surface area contributed by atoms with Crippen LogP contribution in [0.1, 0.15) is 52.3 Å². The smallest absolute Gasteiger partial charge is 0.348 e. The maximum absolute atomic E-state index is 12.9. The maximum Gasteiger partial charge on any atom is 0.348 e. The van der Waals surface area contributed by atoms with Gasteiger partial charge < -0.3 is 4.74 Å². The number of nitrogens with one attached hydrogen (secondary N) is 1. The third kappa shape index (κ3) is 4.26. The summed E-state index contributed by atoms with van der Waals surface area (Å²) in [5.74, 6) is -0.808. The number of aromatic nitrogens is 4. The van der Waals surface area contributed by atoms with Gasteiger partial charge in [0.2, 0.25) is 11.0 Å². The Morgan fingerprint density at radius 1 is 1.20 bits per heavy atom. The van der Waals surface area contributed by atoms with Crippen LogP contribution in [0.3, 0.4) is 0 Å². The van der Waals surface area contributed by atoms with Gasteiger partial charge in [0.1, 0.15) is 27.4 Å². The van der Waals surface area contributed by atoms with E-state index in [4.69, 9.17) is 4.74 Å². The van der Waals surface area contributed by atoms with E-state index in [2.05, 4.69) is 20.5 Å². The minimum Gasteiger partial charge on any atom is -0.458 e. The minimum absolute atomic E-state index is 0.0619. The van der Waals surface area contributed by atoms with Crippen LogP contribution in [0, 0.1) is 13.8 Å². The van der Waals surface area contributed by atoms with Crippen molar-refractivity contribution < 1.29 is 14.3 Å². The number of carbonyl (C=O) groups is 2. The Balaban J connectivity index is 1.54. The zero-order chi connectivity index (χ0) is 21.3. The van der Waals surface area contributed by atoms with Gasteiger partial charge in [0.15, 0.2) is 0 Å². The van der Waals surface area contributed by atoms with Gasteiger partial charge in [-0.3, -0.25) is 19.5 Å². The Hall–Kier alpha value is -2.66. The number of aryl methyl sites for hydroxylation is 2. The molecule has 4 rings (SSSR count). The largest absolute Gasteiger partial charge is 0.458 e. The fourth-order valence-electron chi connectivity index (χ4n) is 3.51. The molecule has 11 heteroatoms. The Morgan fingerprint density at radius 3 is 2.67 bits per heavy atom. The number of hydrogen-bond donors (Lipinski definition) is 1. The van der Waals surface area contributed by atoms with E-state index in [1.165, 1.54) is 28.7 Å². The average molecular weight is 448 g/mol. The first-order valence-electron chi connectivity index (χ1n) is 9.72. The zero-order valence-corrected chi connectivity index (χ0v) is 18.3. The molecule has 3 heterocycles. The molecule has 158 valence electrons. The average Bonchev–Trinajstić information content (AvgIpc) is 3.28. The van der Waals surface area contributed by atoms with Crippen LogP contribution < -0.4 is 10.9 Å². The van der Waals surface area contributed by atoms with Crippen LogP contribution in [0.5, 0.6) is 0 Å². The van der Waals surface area contributed by atoms with Gasteiger partial charge in [0, 0.05) is 0 Å². The van der Waals surface area contributed by atoms with E-state index < -0.39 is 11.9 Å². The second kappa shape index (κ2) is 8.60. The highest BCUT2D eigenvalue weighted by molar-refractivity contribution is 7.20. The SMILES string of the molecule is Cc1nnc(NC(=O)Cn2cnc3sc(C(=O)OC4CCCCC4)c(C)c3c2=O)s1. The number of amides is 1. The number of fused-ring (bicyclic) bond motifs is 1. The minimum atomic E-state index is -0.405. The van der Waals surface area contributed by atoms with Crippen LogP contribution in [-0.2, 0) is 16.1 Å². The van der Waals surface area contributed by atoms with Gasteiger partial charge in [-0.15, -0.1) is 21.5 Å². The first kappa shape index (κ1) is 20.6. The molecule has 0 atom stereocenters. The molecule has 0 spiro atoms. The number of anilines is 1. The fraction of sp³-hybridized carbons (Fsp3) is 0.474. The van der Waals surface area contributed by atoms with Crippen molar-refractivity contribution in [3.05, 3.63) is 32.1 Å². The summed E-state index contributed by atoms with van der Waals surface area (Å²) in [6.07, 6.45) is 6.32. The molecule has 1 aliphatic carbocycles. The fourth-order valence-corrected chi connectivity index (χ4v) is 5.15. The summed E-state index contributed by atoms with van der Waals surface area (Å²) in [7, 11) is 0. The van der Waals surface area contributed by atoms with Gasteiger partial charge in [-0.25, -0.2) is 9.78 Å². The maximum atomic E-state index is 12.9. The third-order valence-electron chi connectivity index (χ3n) is 5.01. The summed E-state index contributed by atoms with van der Waals surface area (Å²) >= 11 is 2.40. The second-order valence-electron chi connectivity index (χ2n) is 7.25. The van der Waals surface area contributed by atoms with E-state index in [1.807, 2.05) is 0 Å². The molecule has 30 heavy (non-hydrogen) atoms. The Bertz CT molecular complexity index is 1160. The van der Waals surface area contributed by atoms with Crippen LogP contribution in [0.2, 0.25) is 0 Å². The Kier molecular flexibility index (Phi) is 5.91. The number of thiophene rings is 1. The predicted molar refractivity (Wildman–Crippen MR) is 114 cm³/mol. The van der Waals surface area contributed by atoms with Crippen molar-refractivity contribution in [2.75, 3.05) is 5.32 Å². The Labute approximate surface area is 180 Å². The highest BCUT2D eigenvalue weighted by Crippen LogP contribution is 2.29. The summed E-state index contributed by atoms with van der Waals surface area (Å²) in [4.78, 5) is 43.0. The van der Waals surface area contributed by atoms with Crippen molar-refractivity contribution in [2.45, 2.75) is 58.6 Å². The van der Waals surface area contributed by atoms with Crippen molar-refractivity contribution in [3.8, 4) is 0 Å². The van der Waals surface area contributed by atoms with Crippen LogP contribution in [0.25, 0.3) is 10.2 Å². The first-order chi connectivity index (χ1) is 14.4. The number of carbonyl (C=O) groups excluding carboxylic acids is 2. The second-order valence-corrected chi connectivity index (χ2v) is 9.43. The molecule has 3 aromatic rings. The third-order valence-corrected chi connectivity index (χ3v) is 6.95. The van der Waals surface area contributed by atoms with Crippen LogP contribution in [0.15, 0.2) is 11.1 Å². The number of esters is 1. The molecule has 1 fully saturated rings. The van der Waals surface area contributed by atoms with Gasteiger partial charge >= 0.3 is 5.97 Å². The van der Waals surface area contributed by atoms with Crippen molar-refractivity contribution >= 4 is 49.9 Å². The van der Waals surface area contributed by atoms with Gasteiger partial charge in [-0.2, -0.15) is 0 Å². The quantitative estimate of drug-likeness (QED) is 0.598. The lowest BCUT2D eigenvalue weighted by Gasteiger charge is -2.21. The summed E-state index contributed by atoms with van der Waals surface area (Å²) < 4.78 is 6.87. The molecule has 0 aromatic carbocycles. The van der Waals surface area contributed by atoms with Crippen molar-refractivity contribution in [1.29, 1.82) is 0 Å². The molecule has 0 bridgehead atoms. The van der Waals surface area contributed by atoms with E-state index in [-0.39, 0.29) is 18.2 Å². The van der Waals surface area contributed by atoms with Crippen molar-refractivity contribution in [1.82, 2.24) is 19.7 Å². The number of nitrogens with zero attached hydrogens (tertiary/aromatic N) is 4. The molecule has 1 amide bonds. The van der Waals surface area contributed by atoms with Gasteiger partial charge in [-0.1, -0.05) is 17.8 Å². The van der Waals surface area contributed by atoms with E-state index in [0.717, 1.165) is 42.0 Å². The van der Waals surface area contributed by atoms with Gasteiger partial charge in [0.05, 0.1) is 11.7 Å². The molecule has 0 unspecified atom stereocenters. The van der Waals surface area contributed by atoms with Crippen LogP contribution >= 0.6 is 22.7 Å². The molecule has 0 radical (unpaired) electrons.